The highest BCUT2D eigenvalue weighted by molar-refractivity contribution is 5.86. The van der Waals surface area contributed by atoms with Crippen molar-refractivity contribution in [3.05, 3.63) is 54.1 Å². The Kier molecular flexibility index (Phi) is 16.1. The molecule has 1 atom stereocenters. The number of amides is 1. The highest BCUT2D eigenvalue weighted by atomic mass is 35.5. The molecule has 3 N–H and O–H groups in total. The molecule has 28 heavy (non-hydrogen) atoms. The molecular weight excluding hydrogens is 421 g/mol. The average Bonchev–Trinajstić information content (AvgIpc) is 3.06. The van der Waals surface area contributed by atoms with Gasteiger partial charge in [-0.15, -0.1) is 37.2 Å². The monoisotopic (exact) mass is 451 g/mol. The third-order valence-corrected chi connectivity index (χ3v) is 4.28. The third-order valence-electron chi connectivity index (χ3n) is 4.28. The van der Waals surface area contributed by atoms with Crippen molar-refractivity contribution >= 4 is 43.1 Å². The van der Waals surface area contributed by atoms with Gasteiger partial charge in [0.1, 0.15) is 0 Å². The molecule has 0 unspecified atom stereocenters. The van der Waals surface area contributed by atoms with Gasteiger partial charge < -0.3 is 20.5 Å². The van der Waals surface area contributed by atoms with E-state index in [9.17, 15) is 4.79 Å². The number of carbonyl (C=O) groups is 1. The van der Waals surface area contributed by atoms with E-state index in [1.807, 2.05) is 29.0 Å². The van der Waals surface area contributed by atoms with Crippen LogP contribution < -0.4 is 11.1 Å². The first-order valence-electron chi connectivity index (χ1n) is 8.92. The highest BCUT2D eigenvalue weighted by Gasteiger charge is 2.15. The lowest BCUT2D eigenvalue weighted by molar-refractivity contribution is -0.122. The Morgan fingerprint density at radius 1 is 1.18 bits per heavy atom. The fourth-order valence-corrected chi connectivity index (χ4v) is 2.72. The van der Waals surface area contributed by atoms with Gasteiger partial charge in [0.2, 0.25) is 5.91 Å². The maximum absolute atomic E-state index is 12.1. The quantitative estimate of drug-likeness (QED) is 0.581. The second-order valence-corrected chi connectivity index (χ2v) is 6.15. The van der Waals surface area contributed by atoms with Crippen molar-refractivity contribution in [1.29, 1.82) is 0 Å². The first kappa shape index (κ1) is 28.9. The molecule has 1 aromatic carbocycles. The Labute approximate surface area is 186 Å². The molecule has 2 aromatic rings. The summed E-state index contributed by atoms with van der Waals surface area (Å²) in [4.78, 5) is 18.7. The van der Waals surface area contributed by atoms with Gasteiger partial charge >= 0.3 is 0 Å². The number of hydrogen-bond acceptors (Lipinski definition) is 4. The number of aromatic nitrogens is 2. The zero-order chi connectivity index (χ0) is 18.1. The number of halogens is 3. The minimum absolute atomic E-state index is 0. The van der Waals surface area contributed by atoms with E-state index in [4.69, 9.17) is 5.73 Å². The van der Waals surface area contributed by atoms with Crippen molar-refractivity contribution in [2.75, 3.05) is 26.2 Å². The summed E-state index contributed by atoms with van der Waals surface area (Å²) in [7, 11) is 0. The number of rotatable bonds is 10. The van der Waals surface area contributed by atoms with E-state index >= 15 is 0 Å². The van der Waals surface area contributed by atoms with Crippen molar-refractivity contribution in [2.24, 2.45) is 5.73 Å². The van der Waals surface area contributed by atoms with Crippen LogP contribution in [0.1, 0.15) is 25.1 Å². The third kappa shape index (κ3) is 9.75. The molecule has 1 aromatic heterocycles. The van der Waals surface area contributed by atoms with Gasteiger partial charge in [-0.2, -0.15) is 0 Å². The molecule has 0 aliphatic carbocycles. The zero-order valence-corrected chi connectivity index (χ0v) is 18.9. The first-order chi connectivity index (χ1) is 12.1. The lowest BCUT2D eigenvalue weighted by atomic mass is 10.1. The van der Waals surface area contributed by atoms with Gasteiger partial charge in [0.25, 0.3) is 0 Å². The summed E-state index contributed by atoms with van der Waals surface area (Å²) in [5, 5.41) is 2.91. The SMILES string of the molecule is CCN(CC)CCNC(=O)[C@@H](N)Cc1cn(Cc2ccccc2)cn1.Cl.Cl.Cl. The van der Waals surface area contributed by atoms with Crippen LogP contribution in [0.2, 0.25) is 0 Å². The molecule has 0 spiro atoms. The van der Waals surface area contributed by atoms with Crippen LogP contribution >= 0.6 is 37.2 Å². The van der Waals surface area contributed by atoms with Crippen LogP contribution in [0.15, 0.2) is 42.9 Å². The van der Waals surface area contributed by atoms with Crippen molar-refractivity contribution in [3.8, 4) is 0 Å². The highest BCUT2D eigenvalue weighted by Crippen LogP contribution is 2.05. The van der Waals surface area contributed by atoms with E-state index in [-0.39, 0.29) is 43.1 Å². The van der Waals surface area contributed by atoms with E-state index in [2.05, 4.69) is 41.2 Å². The molecule has 0 aliphatic rings. The van der Waals surface area contributed by atoms with Gasteiger partial charge in [0.15, 0.2) is 0 Å². The van der Waals surface area contributed by atoms with Gasteiger partial charge in [0.05, 0.1) is 18.1 Å². The summed E-state index contributed by atoms with van der Waals surface area (Å²) < 4.78 is 2.01. The minimum Gasteiger partial charge on any atom is -0.353 e. The molecule has 0 bridgehead atoms. The van der Waals surface area contributed by atoms with E-state index < -0.39 is 6.04 Å². The predicted octanol–water partition coefficient (Wildman–Crippen LogP) is 2.52. The molecule has 9 heteroatoms. The Morgan fingerprint density at radius 2 is 1.82 bits per heavy atom. The Bertz CT molecular complexity index is 650. The summed E-state index contributed by atoms with van der Waals surface area (Å²) in [6.45, 7) is 8.42. The Balaban J connectivity index is 0. The van der Waals surface area contributed by atoms with Crippen molar-refractivity contribution in [3.63, 3.8) is 0 Å². The number of hydrogen-bond donors (Lipinski definition) is 2. The lowest BCUT2D eigenvalue weighted by Gasteiger charge is -2.18. The van der Waals surface area contributed by atoms with Gasteiger partial charge in [-0.05, 0) is 18.7 Å². The van der Waals surface area contributed by atoms with Gasteiger partial charge in [-0.3, -0.25) is 4.79 Å². The smallest absolute Gasteiger partial charge is 0.237 e. The summed E-state index contributed by atoms with van der Waals surface area (Å²) in [5.74, 6) is -0.121. The van der Waals surface area contributed by atoms with Crippen LogP contribution in [0.5, 0.6) is 0 Å². The largest absolute Gasteiger partial charge is 0.353 e. The number of nitrogens with two attached hydrogens (primary N) is 1. The number of carbonyl (C=O) groups excluding carboxylic acids is 1. The molecule has 0 aliphatic heterocycles. The molecule has 0 saturated carbocycles. The van der Waals surface area contributed by atoms with Gasteiger partial charge in [-0.25, -0.2) is 4.98 Å². The second kappa shape index (κ2) is 15.6. The first-order valence-corrected chi connectivity index (χ1v) is 8.92. The van der Waals surface area contributed by atoms with Crippen LogP contribution in [0, 0.1) is 0 Å². The van der Waals surface area contributed by atoms with Crippen LogP contribution in [-0.4, -0.2) is 52.6 Å². The van der Waals surface area contributed by atoms with Crippen LogP contribution in [-0.2, 0) is 17.8 Å². The molecule has 2 rings (SSSR count). The fourth-order valence-electron chi connectivity index (χ4n) is 2.72. The second-order valence-electron chi connectivity index (χ2n) is 6.15. The van der Waals surface area contributed by atoms with E-state index in [1.165, 1.54) is 5.56 Å². The van der Waals surface area contributed by atoms with Crippen molar-refractivity contribution in [1.82, 2.24) is 19.8 Å². The molecule has 1 amide bonds. The normalized spacial score (nSPS) is 11.0. The molecule has 1 heterocycles. The maximum atomic E-state index is 12.1. The number of likely N-dealkylation sites (N-methyl/N-ethyl adjacent to an activating group) is 1. The van der Waals surface area contributed by atoms with Gasteiger partial charge in [0, 0.05) is 32.3 Å². The molecule has 6 nitrogen and oxygen atoms in total. The topological polar surface area (TPSA) is 76.2 Å². The van der Waals surface area contributed by atoms with Crippen LogP contribution in [0.4, 0.5) is 0 Å². The average molecular weight is 453 g/mol. The van der Waals surface area contributed by atoms with Crippen molar-refractivity contribution in [2.45, 2.75) is 32.9 Å². The van der Waals surface area contributed by atoms with E-state index in [0.29, 0.717) is 13.0 Å². The fraction of sp³-hybridized carbons (Fsp3) is 0.474. The molecule has 0 fully saturated rings. The summed E-state index contributed by atoms with van der Waals surface area (Å²) >= 11 is 0. The number of nitrogens with zero attached hydrogens (tertiary/aromatic N) is 3. The van der Waals surface area contributed by atoms with E-state index in [0.717, 1.165) is 31.9 Å². The summed E-state index contributed by atoms with van der Waals surface area (Å²) in [5.41, 5.74) is 8.07. The van der Waals surface area contributed by atoms with Crippen LogP contribution in [0.25, 0.3) is 0 Å². The van der Waals surface area contributed by atoms with Crippen LogP contribution in [0.3, 0.4) is 0 Å². The number of nitrogens with one attached hydrogen (secondary N) is 1. The molecular formula is C19H32Cl3N5O. The standard InChI is InChI=1S/C19H29N5O.3ClH/c1-3-23(4-2)11-10-21-19(25)18(20)12-17-14-24(15-22-17)13-16-8-6-5-7-9-16;;;/h5-9,14-15,18H,3-4,10-13,20H2,1-2H3,(H,21,25);3*1H/t18-;;;/m0.../s1. The zero-order valence-electron chi connectivity index (χ0n) is 16.4. The Morgan fingerprint density at radius 3 is 2.43 bits per heavy atom. The molecule has 0 radical (unpaired) electrons. The number of benzene rings is 1. The maximum Gasteiger partial charge on any atom is 0.237 e. The minimum atomic E-state index is -0.572. The summed E-state index contributed by atoms with van der Waals surface area (Å²) in [6.07, 6.45) is 4.18. The molecule has 160 valence electrons. The molecule has 0 saturated heterocycles. The lowest BCUT2D eigenvalue weighted by Crippen LogP contribution is -2.44. The van der Waals surface area contributed by atoms with Crippen molar-refractivity contribution < 1.29 is 4.79 Å². The Hall–Kier alpha value is -1.31. The summed E-state index contributed by atoms with van der Waals surface area (Å²) in [6, 6.07) is 9.62. The number of imidazole rings is 1. The van der Waals surface area contributed by atoms with Gasteiger partial charge in [-0.1, -0.05) is 44.2 Å². The predicted molar refractivity (Wildman–Crippen MR) is 122 cm³/mol. The van der Waals surface area contributed by atoms with E-state index in [1.54, 1.807) is 6.33 Å².